The highest BCUT2D eigenvalue weighted by Gasteiger charge is 2.09. The molecule has 100 valence electrons. The molecule has 0 bridgehead atoms. The molecule has 0 saturated carbocycles. The number of hydrogen-bond donors (Lipinski definition) is 2. The van der Waals surface area contributed by atoms with Crippen LogP contribution in [-0.4, -0.2) is 26.7 Å². The van der Waals surface area contributed by atoms with Crippen LogP contribution >= 0.6 is 0 Å². The zero-order valence-corrected chi connectivity index (χ0v) is 10.6. The maximum Gasteiger partial charge on any atom is 0.273 e. The molecule has 2 rings (SSSR count). The van der Waals surface area contributed by atoms with Crippen LogP contribution in [0.5, 0.6) is 0 Å². The standard InChI is InChI=1S/C11H14N6O2/c1-12-8-3-9(5-10(4-8)17(18)19)13-6-11-14-7-16(2)15-11/h3-5,7,12-13H,6H2,1-2H3. The van der Waals surface area contributed by atoms with Crippen molar-refractivity contribution in [3.05, 3.63) is 40.5 Å². The molecule has 0 aliphatic heterocycles. The van der Waals surface area contributed by atoms with Gasteiger partial charge in [0.25, 0.3) is 5.69 Å². The number of hydrogen-bond acceptors (Lipinski definition) is 6. The second kappa shape index (κ2) is 5.34. The highest BCUT2D eigenvalue weighted by atomic mass is 16.6. The first-order valence-corrected chi connectivity index (χ1v) is 5.64. The topological polar surface area (TPSA) is 97.9 Å². The van der Waals surface area contributed by atoms with Crippen LogP contribution in [0.15, 0.2) is 24.5 Å². The molecule has 2 N–H and O–H groups in total. The number of non-ortho nitro benzene ring substituents is 1. The summed E-state index contributed by atoms with van der Waals surface area (Å²) in [6, 6.07) is 4.74. The summed E-state index contributed by atoms with van der Waals surface area (Å²) in [6.07, 6.45) is 1.60. The number of anilines is 2. The normalized spacial score (nSPS) is 10.2. The number of nitrogens with one attached hydrogen (secondary N) is 2. The summed E-state index contributed by atoms with van der Waals surface area (Å²) >= 11 is 0. The molecule has 0 atom stereocenters. The summed E-state index contributed by atoms with van der Waals surface area (Å²) in [5, 5.41) is 20.9. The Morgan fingerprint density at radius 3 is 2.68 bits per heavy atom. The van der Waals surface area contributed by atoms with Crippen molar-refractivity contribution in [2.45, 2.75) is 6.54 Å². The number of nitrogens with zero attached hydrogens (tertiary/aromatic N) is 4. The second-order valence-corrected chi connectivity index (χ2v) is 3.96. The van der Waals surface area contributed by atoms with Crippen molar-refractivity contribution in [2.24, 2.45) is 7.05 Å². The number of rotatable bonds is 5. The van der Waals surface area contributed by atoms with Gasteiger partial charge >= 0.3 is 0 Å². The zero-order chi connectivity index (χ0) is 13.8. The molecule has 0 radical (unpaired) electrons. The van der Waals surface area contributed by atoms with Crippen molar-refractivity contribution >= 4 is 17.1 Å². The lowest BCUT2D eigenvalue weighted by atomic mass is 10.2. The number of aromatic nitrogens is 3. The molecule has 0 aliphatic rings. The largest absolute Gasteiger partial charge is 0.388 e. The molecule has 2 aromatic rings. The van der Waals surface area contributed by atoms with Crippen LogP contribution in [0.3, 0.4) is 0 Å². The van der Waals surface area contributed by atoms with Gasteiger partial charge in [-0.2, -0.15) is 5.10 Å². The molecule has 8 nitrogen and oxygen atoms in total. The van der Waals surface area contributed by atoms with Gasteiger partial charge in [-0.25, -0.2) is 4.98 Å². The molecule has 0 amide bonds. The summed E-state index contributed by atoms with van der Waals surface area (Å²) in [5.41, 5.74) is 1.35. The van der Waals surface area contributed by atoms with Gasteiger partial charge in [-0.05, 0) is 6.07 Å². The van der Waals surface area contributed by atoms with Crippen LogP contribution in [0.1, 0.15) is 5.82 Å². The average molecular weight is 262 g/mol. The maximum absolute atomic E-state index is 10.8. The fraction of sp³-hybridized carbons (Fsp3) is 0.273. The summed E-state index contributed by atoms with van der Waals surface area (Å²) in [6.45, 7) is 0.408. The molecular weight excluding hydrogens is 248 g/mol. The fourth-order valence-electron chi connectivity index (χ4n) is 1.61. The van der Waals surface area contributed by atoms with E-state index < -0.39 is 4.92 Å². The Morgan fingerprint density at radius 1 is 1.37 bits per heavy atom. The summed E-state index contributed by atoms with van der Waals surface area (Å²) in [7, 11) is 3.49. The lowest BCUT2D eigenvalue weighted by molar-refractivity contribution is -0.384. The van der Waals surface area contributed by atoms with Crippen molar-refractivity contribution in [1.29, 1.82) is 0 Å². The van der Waals surface area contributed by atoms with E-state index in [1.807, 2.05) is 0 Å². The molecule has 1 heterocycles. The Kier molecular flexibility index (Phi) is 3.60. The van der Waals surface area contributed by atoms with Gasteiger partial charge in [-0.1, -0.05) is 0 Å². The van der Waals surface area contributed by atoms with E-state index in [4.69, 9.17) is 0 Å². The lowest BCUT2D eigenvalue weighted by Gasteiger charge is -2.07. The molecular formula is C11H14N6O2. The molecule has 0 aliphatic carbocycles. The average Bonchev–Trinajstić information content (AvgIpc) is 2.81. The van der Waals surface area contributed by atoms with Gasteiger partial charge in [-0.3, -0.25) is 14.8 Å². The van der Waals surface area contributed by atoms with Crippen molar-refractivity contribution in [1.82, 2.24) is 14.8 Å². The molecule has 0 spiro atoms. The van der Waals surface area contributed by atoms with E-state index in [9.17, 15) is 10.1 Å². The van der Waals surface area contributed by atoms with E-state index in [-0.39, 0.29) is 5.69 Å². The number of aryl methyl sites for hydroxylation is 1. The molecule has 19 heavy (non-hydrogen) atoms. The number of benzene rings is 1. The van der Waals surface area contributed by atoms with Crippen LogP contribution in [0.2, 0.25) is 0 Å². The smallest absolute Gasteiger partial charge is 0.273 e. The lowest BCUT2D eigenvalue weighted by Crippen LogP contribution is -2.03. The zero-order valence-electron chi connectivity index (χ0n) is 10.6. The van der Waals surface area contributed by atoms with Gasteiger partial charge in [-0.15, -0.1) is 0 Å². The van der Waals surface area contributed by atoms with Crippen LogP contribution in [0, 0.1) is 10.1 Å². The quantitative estimate of drug-likeness (QED) is 0.624. The summed E-state index contributed by atoms with van der Waals surface area (Å²) < 4.78 is 1.60. The first-order valence-electron chi connectivity index (χ1n) is 5.64. The Hall–Kier alpha value is -2.64. The minimum atomic E-state index is -0.426. The van der Waals surface area contributed by atoms with Crippen LogP contribution < -0.4 is 10.6 Å². The summed E-state index contributed by atoms with van der Waals surface area (Å²) in [4.78, 5) is 14.5. The summed E-state index contributed by atoms with van der Waals surface area (Å²) in [5.74, 6) is 0.625. The van der Waals surface area contributed by atoms with Gasteiger partial charge in [0.2, 0.25) is 0 Å². The predicted molar refractivity (Wildman–Crippen MR) is 71.0 cm³/mol. The maximum atomic E-state index is 10.8. The molecule has 0 unspecified atom stereocenters. The van der Waals surface area contributed by atoms with E-state index in [2.05, 4.69) is 20.7 Å². The van der Waals surface area contributed by atoms with Gasteiger partial charge in [0.1, 0.15) is 6.33 Å². The van der Waals surface area contributed by atoms with Crippen LogP contribution in [-0.2, 0) is 13.6 Å². The van der Waals surface area contributed by atoms with E-state index in [0.29, 0.717) is 23.7 Å². The molecule has 8 heteroatoms. The van der Waals surface area contributed by atoms with E-state index in [1.165, 1.54) is 12.1 Å². The fourth-order valence-corrected chi connectivity index (χ4v) is 1.61. The van der Waals surface area contributed by atoms with E-state index in [0.717, 1.165) is 0 Å². The highest BCUT2D eigenvalue weighted by Crippen LogP contribution is 2.24. The van der Waals surface area contributed by atoms with Crippen LogP contribution in [0.4, 0.5) is 17.1 Å². The predicted octanol–water partition coefficient (Wildman–Crippen LogP) is 1.38. The first kappa shape index (κ1) is 12.8. The second-order valence-electron chi connectivity index (χ2n) is 3.96. The van der Waals surface area contributed by atoms with E-state index in [1.54, 1.807) is 31.2 Å². The van der Waals surface area contributed by atoms with Crippen molar-refractivity contribution in [2.75, 3.05) is 17.7 Å². The Bertz CT molecular complexity index is 595. The van der Waals surface area contributed by atoms with Gasteiger partial charge < -0.3 is 10.6 Å². The van der Waals surface area contributed by atoms with Crippen molar-refractivity contribution in [3.63, 3.8) is 0 Å². The third kappa shape index (κ3) is 3.18. The molecule has 1 aromatic carbocycles. The Balaban J connectivity index is 2.15. The number of nitro groups is 1. The number of nitro benzene ring substituents is 1. The van der Waals surface area contributed by atoms with Crippen molar-refractivity contribution < 1.29 is 4.92 Å². The minimum Gasteiger partial charge on any atom is -0.388 e. The molecule has 1 aromatic heterocycles. The molecule has 0 fully saturated rings. The monoisotopic (exact) mass is 262 g/mol. The first-order chi connectivity index (χ1) is 9.08. The van der Waals surface area contributed by atoms with E-state index >= 15 is 0 Å². The van der Waals surface area contributed by atoms with Gasteiger partial charge in [0.05, 0.1) is 11.5 Å². The molecule has 0 saturated heterocycles. The van der Waals surface area contributed by atoms with Gasteiger partial charge in [0.15, 0.2) is 5.82 Å². The van der Waals surface area contributed by atoms with Gasteiger partial charge in [0, 0.05) is 37.6 Å². The SMILES string of the molecule is CNc1cc(NCc2ncn(C)n2)cc([N+](=O)[O-])c1. The highest BCUT2D eigenvalue weighted by molar-refractivity contribution is 5.63. The minimum absolute atomic E-state index is 0.0309. The van der Waals surface area contributed by atoms with Crippen molar-refractivity contribution in [3.8, 4) is 0 Å². The Labute approximate surface area is 109 Å². The third-order valence-corrected chi connectivity index (χ3v) is 2.51. The van der Waals surface area contributed by atoms with Crippen LogP contribution in [0.25, 0.3) is 0 Å². The Morgan fingerprint density at radius 2 is 2.11 bits per heavy atom. The third-order valence-electron chi connectivity index (χ3n) is 2.51.